The Morgan fingerprint density at radius 3 is 2.74 bits per heavy atom. The van der Waals surface area contributed by atoms with Gasteiger partial charge in [-0.1, -0.05) is 5.16 Å². The fourth-order valence-electron chi connectivity index (χ4n) is 1.89. The summed E-state index contributed by atoms with van der Waals surface area (Å²) in [5, 5.41) is 7.24. The maximum Gasteiger partial charge on any atom is 0.241 e. The van der Waals surface area contributed by atoms with E-state index in [-0.39, 0.29) is 24.8 Å². The standard InChI is InChI=1S/C11H14N4O2.2ClH/c1-6-16-8-9(1)11-13-10(17-14-11)7-15-4-2-12-3-5-15;;/h1,6,8,12H,2-5,7H2;2*1H. The van der Waals surface area contributed by atoms with Gasteiger partial charge in [0, 0.05) is 26.2 Å². The van der Waals surface area contributed by atoms with Gasteiger partial charge >= 0.3 is 0 Å². The van der Waals surface area contributed by atoms with Gasteiger partial charge in [-0.3, -0.25) is 4.90 Å². The number of hydrogen-bond acceptors (Lipinski definition) is 6. The summed E-state index contributed by atoms with van der Waals surface area (Å²) in [6, 6.07) is 1.82. The Bertz CT molecular complexity index is 469. The lowest BCUT2D eigenvalue weighted by Crippen LogP contribution is -2.42. The Morgan fingerprint density at radius 1 is 1.26 bits per heavy atom. The SMILES string of the molecule is Cl.Cl.c1cc(-c2noc(CN3CCNCC3)n2)co1. The molecule has 19 heavy (non-hydrogen) atoms. The molecule has 0 amide bonds. The zero-order valence-electron chi connectivity index (χ0n) is 10.2. The fourth-order valence-corrected chi connectivity index (χ4v) is 1.89. The minimum Gasteiger partial charge on any atom is -0.472 e. The van der Waals surface area contributed by atoms with Crippen molar-refractivity contribution >= 4 is 24.8 Å². The van der Waals surface area contributed by atoms with Crippen LogP contribution in [0.2, 0.25) is 0 Å². The topological polar surface area (TPSA) is 67.3 Å². The van der Waals surface area contributed by atoms with Gasteiger partial charge in [0.05, 0.1) is 18.4 Å². The van der Waals surface area contributed by atoms with Crippen LogP contribution in [0, 0.1) is 0 Å². The van der Waals surface area contributed by atoms with E-state index in [9.17, 15) is 0 Å². The van der Waals surface area contributed by atoms with Crippen LogP contribution in [0.4, 0.5) is 0 Å². The second kappa shape index (κ2) is 7.49. The minimum absolute atomic E-state index is 0. The highest BCUT2D eigenvalue weighted by atomic mass is 35.5. The maximum absolute atomic E-state index is 5.23. The van der Waals surface area contributed by atoms with Gasteiger partial charge in [-0.05, 0) is 6.07 Å². The number of nitrogens with zero attached hydrogens (tertiary/aromatic N) is 3. The summed E-state index contributed by atoms with van der Waals surface area (Å²) >= 11 is 0. The van der Waals surface area contributed by atoms with Crippen LogP contribution < -0.4 is 5.32 Å². The van der Waals surface area contributed by atoms with Gasteiger partial charge in [-0.2, -0.15) is 4.98 Å². The van der Waals surface area contributed by atoms with E-state index in [4.69, 9.17) is 8.94 Å². The van der Waals surface area contributed by atoms with Crippen molar-refractivity contribution in [1.29, 1.82) is 0 Å². The summed E-state index contributed by atoms with van der Waals surface area (Å²) in [4.78, 5) is 6.64. The Labute approximate surface area is 123 Å². The highest BCUT2D eigenvalue weighted by Crippen LogP contribution is 2.16. The molecule has 3 heterocycles. The average Bonchev–Trinajstić information content (AvgIpc) is 3.00. The van der Waals surface area contributed by atoms with Gasteiger partial charge < -0.3 is 14.3 Å². The Hall–Kier alpha value is -1.08. The van der Waals surface area contributed by atoms with Crippen LogP contribution in [-0.4, -0.2) is 41.2 Å². The quantitative estimate of drug-likeness (QED) is 0.928. The number of rotatable bonds is 3. The molecule has 0 saturated carbocycles. The molecule has 1 aliphatic rings. The smallest absolute Gasteiger partial charge is 0.241 e. The Morgan fingerprint density at radius 2 is 2.05 bits per heavy atom. The van der Waals surface area contributed by atoms with Gasteiger partial charge in [-0.15, -0.1) is 24.8 Å². The third-order valence-electron chi connectivity index (χ3n) is 2.82. The van der Waals surface area contributed by atoms with Gasteiger partial charge in [0.15, 0.2) is 0 Å². The average molecular weight is 307 g/mol. The summed E-state index contributed by atoms with van der Waals surface area (Å²) < 4.78 is 10.2. The van der Waals surface area contributed by atoms with Crippen LogP contribution in [0.3, 0.4) is 0 Å². The molecular weight excluding hydrogens is 291 g/mol. The first-order valence-electron chi connectivity index (χ1n) is 5.70. The van der Waals surface area contributed by atoms with E-state index < -0.39 is 0 Å². The number of nitrogens with one attached hydrogen (secondary N) is 1. The van der Waals surface area contributed by atoms with Crippen molar-refractivity contribution in [1.82, 2.24) is 20.4 Å². The summed E-state index contributed by atoms with van der Waals surface area (Å²) in [7, 11) is 0. The number of aromatic nitrogens is 2. The molecule has 1 aliphatic heterocycles. The van der Waals surface area contributed by atoms with Crippen molar-refractivity contribution in [3.8, 4) is 11.4 Å². The molecule has 106 valence electrons. The van der Waals surface area contributed by atoms with Crippen molar-refractivity contribution in [3.05, 3.63) is 24.5 Å². The first kappa shape index (κ1) is 16.0. The third-order valence-corrected chi connectivity index (χ3v) is 2.82. The van der Waals surface area contributed by atoms with Crippen LogP contribution in [0.25, 0.3) is 11.4 Å². The van der Waals surface area contributed by atoms with E-state index in [1.165, 1.54) is 0 Å². The van der Waals surface area contributed by atoms with Crippen molar-refractivity contribution < 1.29 is 8.94 Å². The molecule has 8 heteroatoms. The molecule has 0 unspecified atom stereocenters. The normalized spacial score (nSPS) is 15.6. The Balaban J connectivity index is 0.000000902. The first-order chi connectivity index (χ1) is 8.42. The van der Waals surface area contributed by atoms with Crippen molar-refractivity contribution in [2.75, 3.05) is 26.2 Å². The number of hydrogen-bond donors (Lipinski definition) is 1. The molecule has 0 spiro atoms. The largest absolute Gasteiger partial charge is 0.472 e. The van der Waals surface area contributed by atoms with E-state index in [1.54, 1.807) is 12.5 Å². The molecule has 0 radical (unpaired) electrons. The van der Waals surface area contributed by atoms with Crippen LogP contribution in [0.15, 0.2) is 27.5 Å². The maximum atomic E-state index is 5.23. The Kier molecular flexibility index (Phi) is 6.30. The van der Waals surface area contributed by atoms with Crippen molar-refractivity contribution in [3.63, 3.8) is 0 Å². The summed E-state index contributed by atoms with van der Waals surface area (Å²) in [5.41, 5.74) is 0.848. The zero-order valence-corrected chi connectivity index (χ0v) is 11.9. The summed E-state index contributed by atoms with van der Waals surface area (Å²) in [6.45, 7) is 4.78. The molecular formula is C11H16Cl2N4O2. The molecule has 0 aromatic carbocycles. The first-order valence-corrected chi connectivity index (χ1v) is 5.70. The minimum atomic E-state index is 0. The van der Waals surface area contributed by atoms with Crippen molar-refractivity contribution in [2.24, 2.45) is 0 Å². The summed E-state index contributed by atoms with van der Waals surface area (Å²) in [5.74, 6) is 1.24. The highest BCUT2D eigenvalue weighted by Gasteiger charge is 2.15. The third kappa shape index (κ3) is 3.94. The van der Waals surface area contributed by atoms with Gasteiger partial charge in [0.2, 0.25) is 11.7 Å². The highest BCUT2D eigenvalue weighted by molar-refractivity contribution is 5.85. The van der Waals surface area contributed by atoms with Gasteiger partial charge in [0.25, 0.3) is 0 Å². The van der Waals surface area contributed by atoms with E-state index in [0.29, 0.717) is 18.3 Å². The number of piperazine rings is 1. The predicted molar refractivity (Wildman–Crippen MR) is 74.6 cm³/mol. The molecule has 0 atom stereocenters. The fraction of sp³-hybridized carbons (Fsp3) is 0.455. The molecule has 3 rings (SSSR count). The lowest BCUT2D eigenvalue weighted by molar-refractivity contribution is 0.203. The number of halogens is 2. The van der Waals surface area contributed by atoms with Crippen molar-refractivity contribution in [2.45, 2.75) is 6.54 Å². The monoisotopic (exact) mass is 306 g/mol. The molecule has 2 aromatic rings. The molecule has 1 fully saturated rings. The molecule has 1 N–H and O–H groups in total. The lowest BCUT2D eigenvalue weighted by Gasteiger charge is -2.25. The van der Waals surface area contributed by atoms with Gasteiger partial charge in [-0.25, -0.2) is 0 Å². The van der Waals surface area contributed by atoms with E-state index >= 15 is 0 Å². The molecule has 0 bridgehead atoms. The lowest BCUT2D eigenvalue weighted by atomic mass is 10.3. The van der Waals surface area contributed by atoms with E-state index in [2.05, 4.69) is 20.4 Å². The number of furan rings is 1. The summed E-state index contributed by atoms with van der Waals surface area (Å²) in [6.07, 6.45) is 3.21. The van der Waals surface area contributed by atoms with Crippen LogP contribution in [-0.2, 0) is 6.54 Å². The molecule has 0 aliphatic carbocycles. The van der Waals surface area contributed by atoms with E-state index in [0.717, 1.165) is 31.7 Å². The van der Waals surface area contributed by atoms with E-state index in [1.807, 2.05) is 6.07 Å². The van der Waals surface area contributed by atoms with Crippen LogP contribution in [0.1, 0.15) is 5.89 Å². The van der Waals surface area contributed by atoms with Crippen LogP contribution in [0.5, 0.6) is 0 Å². The predicted octanol–water partition coefficient (Wildman–Crippen LogP) is 1.58. The van der Waals surface area contributed by atoms with Gasteiger partial charge in [0.1, 0.15) is 6.26 Å². The van der Waals surface area contributed by atoms with Crippen LogP contribution >= 0.6 is 24.8 Å². The second-order valence-electron chi connectivity index (χ2n) is 4.05. The molecule has 2 aromatic heterocycles. The molecule has 6 nitrogen and oxygen atoms in total. The zero-order chi connectivity index (χ0) is 11.5. The molecule has 1 saturated heterocycles. The second-order valence-corrected chi connectivity index (χ2v) is 4.05.